The molecule has 1 unspecified atom stereocenters. The van der Waals surface area contributed by atoms with Crippen LogP contribution in [0.2, 0.25) is 5.02 Å². The van der Waals surface area contributed by atoms with Gasteiger partial charge < -0.3 is 0 Å². The summed E-state index contributed by atoms with van der Waals surface area (Å²) < 4.78 is 14.3. The molecule has 5 heteroatoms. The number of hydrogen-bond acceptors (Lipinski definition) is 1. The molecule has 17 heavy (non-hydrogen) atoms. The van der Waals surface area contributed by atoms with Crippen molar-refractivity contribution < 1.29 is 4.39 Å². The maximum atomic E-state index is 13.4. The Balaban J connectivity index is 2.47. The second-order valence-corrected chi connectivity index (χ2v) is 6.53. The first-order chi connectivity index (χ1) is 8.00. The zero-order valence-electron chi connectivity index (χ0n) is 8.81. The molecular formula is C12H8BrCl2FS. The third-order valence-electron chi connectivity index (χ3n) is 2.32. The van der Waals surface area contributed by atoms with E-state index in [0.29, 0.717) is 5.56 Å². The van der Waals surface area contributed by atoms with Gasteiger partial charge in [0.05, 0.1) is 10.4 Å². The largest absolute Gasteiger partial charge is 0.205 e. The molecule has 1 atom stereocenters. The summed E-state index contributed by atoms with van der Waals surface area (Å²) in [5, 5.41) is -0.350. The van der Waals surface area contributed by atoms with Gasteiger partial charge in [-0.3, -0.25) is 0 Å². The summed E-state index contributed by atoms with van der Waals surface area (Å²) in [7, 11) is 0. The first-order valence-electron chi connectivity index (χ1n) is 4.84. The average molecular weight is 354 g/mol. The molecular weight excluding hydrogens is 346 g/mol. The zero-order chi connectivity index (χ0) is 12.6. The summed E-state index contributed by atoms with van der Waals surface area (Å²) in [5.41, 5.74) is 0.593. The SMILES string of the molecule is Cc1cc(Br)c(C(Cl)c2cccc(F)c2Cl)s1. The van der Waals surface area contributed by atoms with Crippen LogP contribution in [0.25, 0.3) is 0 Å². The third-order valence-corrected chi connectivity index (χ3v) is 5.34. The van der Waals surface area contributed by atoms with Crippen LogP contribution >= 0.6 is 50.5 Å². The van der Waals surface area contributed by atoms with Crippen molar-refractivity contribution in [2.24, 2.45) is 0 Å². The molecule has 0 bridgehead atoms. The Morgan fingerprint density at radius 1 is 1.41 bits per heavy atom. The second-order valence-electron chi connectivity index (χ2n) is 3.57. The van der Waals surface area contributed by atoms with E-state index in [1.165, 1.54) is 6.07 Å². The first-order valence-corrected chi connectivity index (χ1v) is 7.27. The summed E-state index contributed by atoms with van der Waals surface area (Å²) in [6.45, 7) is 2.00. The van der Waals surface area contributed by atoms with Gasteiger partial charge in [0.1, 0.15) is 5.82 Å². The lowest BCUT2D eigenvalue weighted by Crippen LogP contribution is -1.94. The molecule has 0 aliphatic rings. The van der Waals surface area contributed by atoms with Crippen molar-refractivity contribution in [2.45, 2.75) is 12.3 Å². The minimum Gasteiger partial charge on any atom is -0.205 e. The summed E-state index contributed by atoms with van der Waals surface area (Å²) >= 11 is 17.3. The van der Waals surface area contributed by atoms with Gasteiger partial charge in [0.15, 0.2) is 0 Å². The van der Waals surface area contributed by atoms with E-state index in [4.69, 9.17) is 23.2 Å². The summed E-state index contributed by atoms with van der Waals surface area (Å²) in [4.78, 5) is 2.08. The van der Waals surface area contributed by atoms with Crippen LogP contribution in [-0.2, 0) is 0 Å². The van der Waals surface area contributed by atoms with Gasteiger partial charge in [0.2, 0.25) is 0 Å². The molecule has 0 spiro atoms. The molecule has 0 N–H and O–H groups in total. The molecule has 0 nitrogen and oxygen atoms in total. The van der Waals surface area contributed by atoms with Gasteiger partial charge >= 0.3 is 0 Å². The maximum Gasteiger partial charge on any atom is 0.142 e. The topological polar surface area (TPSA) is 0 Å². The van der Waals surface area contributed by atoms with E-state index in [1.807, 2.05) is 13.0 Å². The molecule has 0 fully saturated rings. The highest BCUT2D eigenvalue weighted by atomic mass is 79.9. The molecule has 0 radical (unpaired) electrons. The van der Waals surface area contributed by atoms with Crippen molar-refractivity contribution in [1.82, 2.24) is 0 Å². The molecule has 1 aromatic heterocycles. The number of aryl methyl sites for hydroxylation is 1. The highest BCUT2D eigenvalue weighted by molar-refractivity contribution is 9.10. The lowest BCUT2D eigenvalue weighted by atomic mass is 10.1. The van der Waals surface area contributed by atoms with E-state index in [0.717, 1.165) is 14.2 Å². The van der Waals surface area contributed by atoms with Gasteiger partial charge in [-0.2, -0.15) is 0 Å². The van der Waals surface area contributed by atoms with E-state index in [2.05, 4.69) is 15.9 Å². The van der Waals surface area contributed by atoms with E-state index >= 15 is 0 Å². The highest BCUT2D eigenvalue weighted by Gasteiger charge is 2.20. The Kier molecular flexibility index (Phi) is 4.14. The number of rotatable bonds is 2. The van der Waals surface area contributed by atoms with Gasteiger partial charge in [-0.25, -0.2) is 4.39 Å². The van der Waals surface area contributed by atoms with Crippen molar-refractivity contribution in [3.63, 3.8) is 0 Å². The Morgan fingerprint density at radius 2 is 2.12 bits per heavy atom. The minimum atomic E-state index is -0.445. The van der Waals surface area contributed by atoms with Gasteiger partial charge in [0, 0.05) is 14.2 Å². The normalized spacial score (nSPS) is 12.8. The van der Waals surface area contributed by atoms with Crippen LogP contribution in [0, 0.1) is 12.7 Å². The van der Waals surface area contributed by atoms with Crippen molar-refractivity contribution >= 4 is 50.5 Å². The molecule has 90 valence electrons. The van der Waals surface area contributed by atoms with E-state index in [9.17, 15) is 4.39 Å². The van der Waals surface area contributed by atoms with Crippen LogP contribution in [0.4, 0.5) is 4.39 Å². The minimum absolute atomic E-state index is 0.0884. The van der Waals surface area contributed by atoms with Gasteiger partial charge in [-0.1, -0.05) is 23.7 Å². The molecule has 0 saturated carbocycles. The van der Waals surface area contributed by atoms with Crippen molar-refractivity contribution in [3.05, 3.63) is 54.9 Å². The smallest absolute Gasteiger partial charge is 0.142 e. The Bertz CT molecular complexity index is 553. The van der Waals surface area contributed by atoms with Crippen LogP contribution in [0.15, 0.2) is 28.7 Å². The van der Waals surface area contributed by atoms with Crippen LogP contribution < -0.4 is 0 Å². The predicted molar refractivity (Wildman–Crippen MR) is 75.9 cm³/mol. The highest BCUT2D eigenvalue weighted by Crippen LogP contribution is 2.41. The molecule has 0 aliphatic heterocycles. The lowest BCUT2D eigenvalue weighted by molar-refractivity contribution is 0.626. The monoisotopic (exact) mass is 352 g/mol. The first kappa shape index (κ1) is 13.3. The third kappa shape index (κ3) is 2.68. The number of alkyl halides is 1. The Morgan fingerprint density at radius 3 is 2.71 bits per heavy atom. The Labute approximate surface area is 121 Å². The lowest BCUT2D eigenvalue weighted by Gasteiger charge is -2.11. The summed E-state index contributed by atoms with van der Waals surface area (Å²) in [6.07, 6.45) is 0. The van der Waals surface area contributed by atoms with Crippen molar-refractivity contribution in [1.29, 1.82) is 0 Å². The fraction of sp³-hybridized carbons (Fsp3) is 0.167. The van der Waals surface area contributed by atoms with Gasteiger partial charge in [-0.05, 0) is 40.5 Å². The maximum absolute atomic E-state index is 13.4. The fourth-order valence-electron chi connectivity index (χ4n) is 1.53. The van der Waals surface area contributed by atoms with Crippen molar-refractivity contribution in [2.75, 3.05) is 0 Å². The van der Waals surface area contributed by atoms with Crippen LogP contribution in [0.3, 0.4) is 0 Å². The summed E-state index contributed by atoms with van der Waals surface area (Å²) in [6, 6.07) is 6.66. The number of hydrogen-bond donors (Lipinski definition) is 0. The molecule has 1 heterocycles. The predicted octanol–water partition coefficient (Wildman–Crippen LogP) is 5.94. The van der Waals surface area contributed by atoms with E-state index in [-0.39, 0.29) is 5.02 Å². The van der Waals surface area contributed by atoms with Crippen molar-refractivity contribution in [3.8, 4) is 0 Å². The van der Waals surface area contributed by atoms with Crippen LogP contribution in [0.1, 0.15) is 20.7 Å². The molecule has 2 rings (SSSR count). The fourth-order valence-corrected chi connectivity index (χ4v) is 4.26. The van der Waals surface area contributed by atoms with Gasteiger partial charge in [-0.15, -0.1) is 22.9 Å². The van der Waals surface area contributed by atoms with Gasteiger partial charge in [0.25, 0.3) is 0 Å². The molecule has 0 aliphatic carbocycles. The van der Waals surface area contributed by atoms with E-state index < -0.39 is 11.2 Å². The number of benzene rings is 1. The van der Waals surface area contributed by atoms with Crippen LogP contribution in [-0.4, -0.2) is 0 Å². The molecule has 2 aromatic rings. The number of halogens is 4. The average Bonchev–Trinajstić information content (AvgIpc) is 2.61. The standard InChI is InChI=1S/C12H8BrCl2FS/c1-6-5-8(13)12(17-6)11(15)7-3-2-4-9(16)10(7)14/h2-5,11H,1H3. The molecule has 0 amide bonds. The Hall–Kier alpha value is -0.0900. The van der Waals surface area contributed by atoms with Crippen LogP contribution in [0.5, 0.6) is 0 Å². The zero-order valence-corrected chi connectivity index (χ0v) is 12.7. The summed E-state index contributed by atoms with van der Waals surface area (Å²) in [5.74, 6) is -0.445. The quantitative estimate of drug-likeness (QED) is 0.586. The molecule has 1 aromatic carbocycles. The molecule has 0 saturated heterocycles. The second kappa shape index (κ2) is 5.27. The van der Waals surface area contributed by atoms with E-state index in [1.54, 1.807) is 23.5 Å². The number of thiophene rings is 1.